The van der Waals surface area contributed by atoms with Crippen LogP contribution in [0.15, 0.2) is 40.2 Å². The first-order valence-corrected chi connectivity index (χ1v) is 7.45. The lowest BCUT2D eigenvalue weighted by Gasteiger charge is -2.13. The first kappa shape index (κ1) is 14.2. The highest BCUT2D eigenvalue weighted by molar-refractivity contribution is 9.10. The van der Waals surface area contributed by atoms with Crippen LogP contribution in [0.1, 0.15) is 23.4 Å². The number of hydrogen-bond acceptors (Lipinski definition) is 4. The number of nitro groups is 1. The van der Waals surface area contributed by atoms with Crippen molar-refractivity contribution in [2.45, 2.75) is 19.5 Å². The van der Waals surface area contributed by atoms with Crippen molar-refractivity contribution in [3.8, 4) is 0 Å². The van der Waals surface area contributed by atoms with E-state index in [0.29, 0.717) is 6.54 Å². The van der Waals surface area contributed by atoms with E-state index in [2.05, 4.69) is 28.2 Å². The zero-order valence-electron chi connectivity index (χ0n) is 10.3. The molecule has 1 unspecified atom stereocenters. The molecule has 0 saturated heterocycles. The van der Waals surface area contributed by atoms with E-state index in [1.54, 1.807) is 23.5 Å². The first-order chi connectivity index (χ1) is 9.08. The van der Waals surface area contributed by atoms with Gasteiger partial charge in [-0.3, -0.25) is 10.1 Å². The van der Waals surface area contributed by atoms with E-state index in [4.69, 9.17) is 0 Å². The first-order valence-electron chi connectivity index (χ1n) is 5.77. The van der Waals surface area contributed by atoms with Crippen LogP contribution in [0, 0.1) is 10.1 Å². The standard InChI is InChI=1S/C13H13BrN2O2S/c1-9(13-12(14)5-6-19-13)15-8-10-3-2-4-11(7-10)16(17)18/h2-7,9,15H,8H2,1H3. The Morgan fingerprint density at radius 3 is 2.89 bits per heavy atom. The van der Waals surface area contributed by atoms with E-state index >= 15 is 0 Å². The van der Waals surface area contributed by atoms with Crippen molar-refractivity contribution in [1.82, 2.24) is 5.32 Å². The van der Waals surface area contributed by atoms with Crippen molar-refractivity contribution in [1.29, 1.82) is 0 Å². The summed E-state index contributed by atoms with van der Waals surface area (Å²) in [5, 5.41) is 16.1. The second kappa shape index (κ2) is 6.27. The summed E-state index contributed by atoms with van der Waals surface area (Å²) in [5.41, 5.74) is 1.04. The van der Waals surface area contributed by atoms with Crippen molar-refractivity contribution < 1.29 is 4.92 Å². The Balaban J connectivity index is 2.01. The Bertz CT molecular complexity index is 586. The Morgan fingerprint density at radius 2 is 2.26 bits per heavy atom. The smallest absolute Gasteiger partial charge is 0.269 e. The van der Waals surface area contributed by atoms with E-state index in [-0.39, 0.29) is 16.7 Å². The van der Waals surface area contributed by atoms with E-state index in [1.807, 2.05) is 17.5 Å². The van der Waals surface area contributed by atoms with Gasteiger partial charge in [0.2, 0.25) is 0 Å². The SMILES string of the molecule is CC(NCc1cccc([N+](=O)[O-])c1)c1sccc1Br. The van der Waals surface area contributed by atoms with E-state index in [0.717, 1.165) is 10.0 Å². The van der Waals surface area contributed by atoms with Crippen LogP contribution in [0.5, 0.6) is 0 Å². The minimum absolute atomic E-state index is 0.129. The fourth-order valence-corrected chi connectivity index (χ4v) is 3.51. The maximum absolute atomic E-state index is 10.7. The molecule has 2 rings (SSSR count). The van der Waals surface area contributed by atoms with Gasteiger partial charge in [-0.25, -0.2) is 0 Å². The van der Waals surface area contributed by atoms with Gasteiger partial charge in [0.05, 0.1) is 4.92 Å². The fourth-order valence-electron chi connectivity index (χ4n) is 1.76. The molecule has 6 heteroatoms. The Labute approximate surface area is 123 Å². The van der Waals surface area contributed by atoms with Crippen molar-refractivity contribution in [3.63, 3.8) is 0 Å². The van der Waals surface area contributed by atoms with Crippen LogP contribution in [0.25, 0.3) is 0 Å². The predicted molar refractivity (Wildman–Crippen MR) is 80.4 cm³/mol. The summed E-state index contributed by atoms with van der Waals surface area (Å²) in [6.45, 7) is 2.68. The van der Waals surface area contributed by atoms with Crippen molar-refractivity contribution in [3.05, 3.63) is 60.7 Å². The molecule has 0 radical (unpaired) electrons. The largest absolute Gasteiger partial charge is 0.305 e. The Kier molecular flexibility index (Phi) is 4.68. The number of nitro benzene ring substituents is 1. The maximum Gasteiger partial charge on any atom is 0.269 e. The minimum atomic E-state index is -0.372. The van der Waals surface area contributed by atoms with Crippen molar-refractivity contribution in [2.24, 2.45) is 0 Å². The van der Waals surface area contributed by atoms with E-state index in [1.165, 1.54) is 10.9 Å². The molecule has 1 N–H and O–H groups in total. The third-order valence-corrected chi connectivity index (χ3v) is 4.83. The average Bonchev–Trinajstić information content (AvgIpc) is 2.82. The van der Waals surface area contributed by atoms with Gasteiger partial charge < -0.3 is 5.32 Å². The number of nitrogens with one attached hydrogen (secondary N) is 1. The Hall–Kier alpha value is -1.24. The lowest BCUT2D eigenvalue weighted by atomic mass is 10.2. The third-order valence-electron chi connectivity index (χ3n) is 2.77. The molecule has 0 saturated carbocycles. The van der Waals surface area contributed by atoms with Crippen LogP contribution in [-0.2, 0) is 6.54 Å². The van der Waals surface area contributed by atoms with E-state index < -0.39 is 0 Å². The summed E-state index contributed by atoms with van der Waals surface area (Å²) in [7, 11) is 0. The van der Waals surface area contributed by atoms with Gasteiger partial charge in [0.25, 0.3) is 5.69 Å². The number of non-ortho nitro benzene ring substituents is 1. The maximum atomic E-state index is 10.7. The predicted octanol–water partition coefficient (Wildman–Crippen LogP) is 4.27. The molecule has 0 spiro atoms. The fraction of sp³-hybridized carbons (Fsp3) is 0.231. The van der Waals surface area contributed by atoms with Crippen LogP contribution >= 0.6 is 27.3 Å². The summed E-state index contributed by atoms with van der Waals surface area (Å²) in [6, 6.07) is 8.92. The zero-order valence-corrected chi connectivity index (χ0v) is 12.7. The molecule has 0 amide bonds. The molecule has 4 nitrogen and oxygen atoms in total. The third kappa shape index (κ3) is 3.62. The summed E-state index contributed by atoms with van der Waals surface area (Å²) in [4.78, 5) is 11.6. The monoisotopic (exact) mass is 340 g/mol. The highest BCUT2D eigenvalue weighted by Crippen LogP contribution is 2.28. The Morgan fingerprint density at radius 1 is 1.47 bits per heavy atom. The van der Waals surface area contributed by atoms with Crippen LogP contribution in [0.4, 0.5) is 5.69 Å². The number of halogens is 1. The summed E-state index contributed by atoms with van der Waals surface area (Å²) < 4.78 is 1.09. The molecule has 1 aromatic heterocycles. The molecule has 0 bridgehead atoms. The van der Waals surface area contributed by atoms with Crippen LogP contribution < -0.4 is 5.32 Å². The number of nitrogens with zero attached hydrogens (tertiary/aromatic N) is 1. The minimum Gasteiger partial charge on any atom is -0.305 e. The molecule has 19 heavy (non-hydrogen) atoms. The molecule has 0 aliphatic rings. The van der Waals surface area contributed by atoms with Gasteiger partial charge in [-0.05, 0) is 39.9 Å². The molecular weight excluding hydrogens is 328 g/mol. The van der Waals surface area contributed by atoms with Gasteiger partial charge in [0.15, 0.2) is 0 Å². The summed E-state index contributed by atoms with van der Waals surface area (Å²) >= 11 is 5.19. The highest BCUT2D eigenvalue weighted by Gasteiger charge is 2.11. The second-order valence-corrected chi connectivity index (χ2v) is 5.96. The van der Waals surface area contributed by atoms with Crippen LogP contribution in [-0.4, -0.2) is 4.92 Å². The second-order valence-electron chi connectivity index (χ2n) is 4.16. The van der Waals surface area contributed by atoms with Gasteiger partial charge in [-0.2, -0.15) is 0 Å². The topological polar surface area (TPSA) is 55.2 Å². The number of hydrogen-bond donors (Lipinski definition) is 1. The molecule has 1 aromatic carbocycles. The number of rotatable bonds is 5. The normalized spacial score (nSPS) is 12.3. The molecule has 0 fully saturated rings. The summed E-state index contributed by atoms with van der Waals surface area (Å²) in [6.07, 6.45) is 0. The number of benzene rings is 1. The van der Waals surface area contributed by atoms with Crippen LogP contribution in [0.2, 0.25) is 0 Å². The van der Waals surface area contributed by atoms with Crippen LogP contribution in [0.3, 0.4) is 0 Å². The van der Waals surface area contributed by atoms with Gasteiger partial charge in [0, 0.05) is 34.1 Å². The van der Waals surface area contributed by atoms with Gasteiger partial charge in [0.1, 0.15) is 0 Å². The van der Waals surface area contributed by atoms with Crippen molar-refractivity contribution in [2.75, 3.05) is 0 Å². The molecular formula is C13H13BrN2O2S. The molecule has 0 aliphatic carbocycles. The lowest BCUT2D eigenvalue weighted by molar-refractivity contribution is -0.384. The molecule has 0 aliphatic heterocycles. The van der Waals surface area contributed by atoms with Gasteiger partial charge in [-0.1, -0.05) is 12.1 Å². The lowest BCUT2D eigenvalue weighted by Crippen LogP contribution is -2.17. The average molecular weight is 341 g/mol. The molecule has 1 heterocycles. The quantitative estimate of drug-likeness (QED) is 0.653. The van der Waals surface area contributed by atoms with Gasteiger partial charge >= 0.3 is 0 Å². The number of thiophene rings is 1. The summed E-state index contributed by atoms with van der Waals surface area (Å²) in [5.74, 6) is 0. The zero-order chi connectivity index (χ0) is 13.8. The molecule has 2 aromatic rings. The van der Waals surface area contributed by atoms with E-state index in [9.17, 15) is 10.1 Å². The highest BCUT2D eigenvalue weighted by atomic mass is 79.9. The molecule has 100 valence electrons. The van der Waals surface area contributed by atoms with Gasteiger partial charge in [-0.15, -0.1) is 11.3 Å². The van der Waals surface area contributed by atoms with Crippen molar-refractivity contribution >= 4 is 33.0 Å². The molecule has 1 atom stereocenters.